The number of hydrogen-bond donors (Lipinski definition) is 1. The summed E-state index contributed by atoms with van der Waals surface area (Å²) in [5, 5.41) is 0.796. The van der Waals surface area contributed by atoms with E-state index in [0.717, 1.165) is 17.0 Å². The summed E-state index contributed by atoms with van der Waals surface area (Å²) in [6.45, 7) is 2.75. The molecule has 0 radical (unpaired) electrons. The first-order valence-electron chi connectivity index (χ1n) is 5.99. The standard InChI is InChI=1S/C15H16ClNS/c1-2-11(10-17)9-12-7-8-15(18-12)13-5-3-4-6-14(13)16/h3-9H,2,10,17H2,1H3. The Morgan fingerprint density at radius 1 is 1.28 bits per heavy atom. The second kappa shape index (κ2) is 6.19. The molecule has 1 aromatic heterocycles. The average Bonchev–Trinajstić information content (AvgIpc) is 2.85. The van der Waals surface area contributed by atoms with Crippen LogP contribution in [0.5, 0.6) is 0 Å². The molecule has 0 aliphatic heterocycles. The summed E-state index contributed by atoms with van der Waals surface area (Å²) in [6.07, 6.45) is 3.17. The van der Waals surface area contributed by atoms with E-state index in [-0.39, 0.29) is 0 Å². The van der Waals surface area contributed by atoms with Crippen LogP contribution in [0.4, 0.5) is 0 Å². The third-order valence-electron chi connectivity index (χ3n) is 2.83. The Balaban J connectivity index is 2.32. The fourth-order valence-electron chi connectivity index (χ4n) is 1.74. The third-order valence-corrected chi connectivity index (χ3v) is 4.22. The van der Waals surface area contributed by atoms with Crippen molar-refractivity contribution in [1.29, 1.82) is 0 Å². The molecule has 0 atom stereocenters. The van der Waals surface area contributed by atoms with E-state index in [0.29, 0.717) is 6.54 Å². The molecule has 0 aliphatic rings. The van der Waals surface area contributed by atoms with Gasteiger partial charge in [0, 0.05) is 26.9 Å². The van der Waals surface area contributed by atoms with Gasteiger partial charge in [-0.15, -0.1) is 11.3 Å². The van der Waals surface area contributed by atoms with Crippen molar-refractivity contribution < 1.29 is 0 Å². The van der Waals surface area contributed by atoms with Gasteiger partial charge in [0.2, 0.25) is 0 Å². The highest BCUT2D eigenvalue weighted by molar-refractivity contribution is 7.16. The van der Waals surface area contributed by atoms with E-state index < -0.39 is 0 Å². The molecule has 1 aromatic carbocycles. The Morgan fingerprint density at radius 3 is 2.72 bits per heavy atom. The number of nitrogens with two attached hydrogens (primary N) is 1. The molecule has 0 amide bonds. The maximum absolute atomic E-state index is 6.20. The molecule has 2 aromatic rings. The van der Waals surface area contributed by atoms with Gasteiger partial charge >= 0.3 is 0 Å². The number of rotatable bonds is 4. The van der Waals surface area contributed by atoms with E-state index in [1.54, 1.807) is 11.3 Å². The molecule has 1 nitrogen and oxygen atoms in total. The quantitative estimate of drug-likeness (QED) is 0.852. The van der Waals surface area contributed by atoms with Crippen LogP contribution in [0.15, 0.2) is 42.0 Å². The average molecular weight is 278 g/mol. The number of halogens is 1. The Kier molecular flexibility index (Phi) is 4.59. The van der Waals surface area contributed by atoms with Crippen LogP contribution in [0.25, 0.3) is 16.5 Å². The Morgan fingerprint density at radius 2 is 2.06 bits per heavy atom. The highest BCUT2D eigenvalue weighted by Crippen LogP contribution is 2.33. The Hall–Kier alpha value is -1.09. The lowest BCUT2D eigenvalue weighted by molar-refractivity contribution is 1.02. The summed E-state index contributed by atoms with van der Waals surface area (Å²) in [6, 6.07) is 12.2. The van der Waals surface area contributed by atoms with Crippen LogP contribution >= 0.6 is 22.9 Å². The van der Waals surface area contributed by atoms with Gasteiger partial charge in [0.25, 0.3) is 0 Å². The minimum Gasteiger partial charge on any atom is -0.327 e. The van der Waals surface area contributed by atoms with Gasteiger partial charge in [-0.25, -0.2) is 0 Å². The van der Waals surface area contributed by atoms with Gasteiger partial charge in [-0.05, 0) is 30.7 Å². The van der Waals surface area contributed by atoms with E-state index in [9.17, 15) is 0 Å². The van der Waals surface area contributed by atoms with Crippen molar-refractivity contribution in [2.24, 2.45) is 5.73 Å². The molecule has 0 fully saturated rings. The molecule has 18 heavy (non-hydrogen) atoms. The molecule has 0 bridgehead atoms. The van der Waals surface area contributed by atoms with Gasteiger partial charge in [-0.2, -0.15) is 0 Å². The molecule has 0 spiro atoms. The smallest absolute Gasteiger partial charge is 0.0492 e. The van der Waals surface area contributed by atoms with Crippen LogP contribution in [-0.4, -0.2) is 6.54 Å². The zero-order valence-corrected chi connectivity index (χ0v) is 11.9. The van der Waals surface area contributed by atoms with E-state index >= 15 is 0 Å². The van der Waals surface area contributed by atoms with Crippen molar-refractivity contribution in [3.8, 4) is 10.4 Å². The Labute approximate surface area is 117 Å². The van der Waals surface area contributed by atoms with Crippen LogP contribution in [0.2, 0.25) is 5.02 Å². The normalized spacial score (nSPS) is 11.8. The highest BCUT2D eigenvalue weighted by atomic mass is 35.5. The Bertz CT molecular complexity index is 551. The maximum Gasteiger partial charge on any atom is 0.0492 e. The molecule has 0 saturated carbocycles. The zero-order valence-electron chi connectivity index (χ0n) is 10.3. The van der Waals surface area contributed by atoms with Gasteiger partial charge in [0.05, 0.1) is 0 Å². The fourth-order valence-corrected chi connectivity index (χ4v) is 3.08. The van der Waals surface area contributed by atoms with Crippen molar-refractivity contribution in [2.75, 3.05) is 6.54 Å². The second-order valence-electron chi connectivity index (χ2n) is 4.04. The minimum absolute atomic E-state index is 0.621. The topological polar surface area (TPSA) is 26.0 Å². The van der Waals surface area contributed by atoms with Crippen molar-refractivity contribution in [3.05, 3.63) is 51.9 Å². The van der Waals surface area contributed by atoms with E-state index in [2.05, 4.69) is 25.1 Å². The summed E-state index contributed by atoms with van der Waals surface area (Å²) in [7, 11) is 0. The van der Waals surface area contributed by atoms with Gasteiger partial charge < -0.3 is 5.73 Å². The highest BCUT2D eigenvalue weighted by Gasteiger charge is 2.05. The zero-order chi connectivity index (χ0) is 13.0. The minimum atomic E-state index is 0.621. The first-order valence-corrected chi connectivity index (χ1v) is 7.18. The predicted octanol–water partition coefficient (Wildman–Crippen LogP) is 4.82. The predicted molar refractivity (Wildman–Crippen MR) is 82.1 cm³/mol. The van der Waals surface area contributed by atoms with Crippen molar-refractivity contribution in [2.45, 2.75) is 13.3 Å². The largest absolute Gasteiger partial charge is 0.327 e. The summed E-state index contributed by atoms with van der Waals surface area (Å²) in [5.41, 5.74) is 8.05. The lowest BCUT2D eigenvalue weighted by Gasteiger charge is -2.00. The van der Waals surface area contributed by atoms with Gasteiger partial charge in [-0.3, -0.25) is 0 Å². The summed E-state index contributed by atoms with van der Waals surface area (Å²) in [5.74, 6) is 0. The van der Waals surface area contributed by atoms with Gasteiger partial charge in [0.1, 0.15) is 0 Å². The van der Waals surface area contributed by atoms with Crippen LogP contribution < -0.4 is 5.73 Å². The first kappa shape index (κ1) is 13.3. The molecule has 0 saturated heterocycles. The number of benzene rings is 1. The number of hydrogen-bond acceptors (Lipinski definition) is 2. The van der Waals surface area contributed by atoms with Gasteiger partial charge in [-0.1, -0.05) is 42.3 Å². The SMILES string of the molecule is CCC(=Cc1ccc(-c2ccccc2Cl)s1)CN. The molecule has 0 aliphatic carbocycles. The molecule has 3 heteroatoms. The van der Waals surface area contributed by atoms with Crippen LogP contribution in [-0.2, 0) is 0 Å². The molecule has 2 rings (SSSR count). The fraction of sp³-hybridized carbons (Fsp3) is 0.200. The molecule has 2 N–H and O–H groups in total. The summed E-state index contributed by atoms with van der Waals surface area (Å²) in [4.78, 5) is 2.42. The summed E-state index contributed by atoms with van der Waals surface area (Å²) >= 11 is 7.94. The first-order chi connectivity index (χ1) is 8.74. The second-order valence-corrected chi connectivity index (χ2v) is 5.56. The lowest BCUT2D eigenvalue weighted by Crippen LogP contribution is -2.01. The lowest BCUT2D eigenvalue weighted by atomic mass is 10.1. The van der Waals surface area contributed by atoms with Crippen LogP contribution in [0.3, 0.4) is 0 Å². The van der Waals surface area contributed by atoms with Crippen LogP contribution in [0, 0.1) is 0 Å². The van der Waals surface area contributed by atoms with E-state index in [4.69, 9.17) is 17.3 Å². The van der Waals surface area contributed by atoms with Crippen molar-refractivity contribution >= 4 is 29.0 Å². The monoisotopic (exact) mass is 277 g/mol. The molecular formula is C15H16ClNS. The van der Waals surface area contributed by atoms with Gasteiger partial charge in [0.15, 0.2) is 0 Å². The number of thiophene rings is 1. The summed E-state index contributed by atoms with van der Waals surface area (Å²) < 4.78 is 0. The molecule has 1 heterocycles. The molecule has 94 valence electrons. The van der Waals surface area contributed by atoms with E-state index in [1.165, 1.54) is 15.3 Å². The van der Waals surface area contributed by atoms with Crippen molar-refractivity contribution in [1.82, 2.24) is 0 Å². The third kappa shape index (κ3) is 3.02. The van der Waals surface area contributed by atoms with E-state index in [1.807, 2.05) is 24.3 Å². The maximum atomic E-state index is 6.20. The molecular weight excluding hydrogens is 262 g/mol. The van der Waals surface area contributed by atoms with Crippen LogP contribution in [0.1, 0.15) is 18.2 Å². The van der Waals surface area contributed by atoms with Crippen molar-refractivity contribution in [3.63, 3.8) is 0 Å². The molecule has 0 unspecified atom stereocenters.